The standard InChI is InChI=1S/C13H14N6O2/c1-13(6-14)18-11(20)9-3-2-8(12(21)19(9)13)17-10-4-5-15-7-16-10/h2-5,7H,6,14H2,1H3,(H,18,20)(H,15,16,17). The fourth-order valence-electron chi connectivity index (χ4n) is 2.31. The molecule has 3 rings (SSSR count). The highest BCUT2D eigenvalue weighted by atomic mass is 16.2. The number of rotatable bonds is 3. The second kappa shape index (κ2) is 4.67. The van der Waals surface area contributed by atoms with Crippen LogP contribution >= 0.6 is 0 Å². The molecule has 2 aromatic heterocycles. The Balaban J connectivity index is 2.09. The smallest absolute Gasteiger partial charge is 0.276 e. The number of nitrogens with two attached hydrogens (primary N) is 1. The van der Waals surface area contributed by atoms with E-state index in [1.54, 1.807) is 31.3 Å². The van der Waals surface area contributed by atoms with Gasteiger partial charge in [0.2, 0.25) is 0 Å². The van der Waals surface area contributed by atoms with Crippen molar-refractivity contribution in [1.29, 1.82) is 0 Å². The third-order valence-electron chi connectivity index (χ3n) is 3.43. The molecule has 1 aliphatic rings. The van der Waals surface area contributed by atoms with Crippen LogP contribution in [0.1, 0.15) is 17.4 Å². The summed E-state index contributed by atoms with van der Waals surface area (Å²) in [6.07, 6.45) is 2.94. The minimum Gasteiger partial charge on any atom is -0.336 e. The lowest BCUT2D eigenvalue weighted by atomic mass is 10.2. The summed E-state index contributed by atoms with van der Waals surface area (Å²) < 4.78 is 1.37. The monoisotopic (exact) mass is 286 g/mol. The number of amides is 1. The van der Waals surface area contributed by atoms with Gasteiger partial charge in [-0.2, -0.15) is 0 Å². The maximum absolute atomic E-state index is 12.6. The fraction of sp³-hybridized carbons (Fsp3) is 0.231. The highest BCUT2D eigenvalue weighted by Gasteiger charge is 2.38. The molecule has 0 saturated heterocycles. The van der Waals surface area contributed by atoms with Crippen molar-refractivity contribution >= 4 is 17.4 Å². The lowest BCUT2D eigenvalue weighted by molar-refractivity contribution is 0.0930. The molecule has 0 bridgehead atoms. The molecule has 1 atom stereocenters. The third-order valence-corrected chi connectivity index (χ3v) is 3.43. The summed E-state index contributed by atoms with van der Waals surface area (Å²) in [7, 11) is 0. The average Bonchev–Trinajstić information content (AvgIpc) is 2.75. The van der Waals surface area contributed by atoms with E-state index in [2.05, 4.69) is 20.6 Å². The number of hydrogen-bond donors (Lipinski definition) is 3. The maximum Gasteiger partial charge on any atom is 0.276 e. The molecule has 0 spiro atoms. The SMILES string of the molecule is CC1(CN)NC(=O)c2ccc(Nc3ccncn3)c(=O)n21. The van der Waals surface area contributed by atoms with E-state index < -0.39 is 5.66 Å². The first kappa shape index (κ1) is 13.3. The minimum atomic E-state index is -0.924. The van der Waals surface area contributed by atoms with Crippen LogP contribution in [0.3, 0.4) is 0 Å². The van der Waals surface area contributed by atoms with Gasteiger partial charge in [0.25, 0.3) is 11.5 Å². The van der Waals surface area contributed by atoms with Gasteiger partial charge in [0.05, 0.1) is 0 Å². The molecule has 0 fully saturated rings. The summed E-state index contributed by atoms with van der Waals surface area (Å²) in [5, 5.41) is 5.64. The van der Waals surface area contributed by atoms with Crippen LogP contribution < -0.4 is 21.9 Å². The van der Waals surface area contributed by atoms with Crippen molar-refractivity contribution in [3.63, 3.8) is 0 Å². The van der Waals surface area contributed by atoms with E-state index in [1.807, 2.05) is 0 Å². The van der Waals surface area contributed by atoms with E-state index >= 15 is 0 Å². The van der Waals surface area contributed by atoms with Gasteiger partial charge in [-0.05, 0) is 25.1 Å². The number of nitrogens with zero attached hydrogens (tertiary/aromatic N) is 3. The first-order chi connectivity index (χ1) is 10.0. The Morgan fingerprint density at radius 2 is 2.19 bits per heavy atom. The number of anilines is 2. The number of carbonyl (C=O) groups is 1. The molecule has 1 amide bonds. The van der Waals surface area contributed by atoms with Crippen LogP contribution in [0, 0.1) is 0 Å². The van der Waals surface area contributed by atoms with Crippen molar-refractivity contribution < 1.29 is 4.79 Å². The molecule has 108 valence electrons. The van der Waals surface area contributed by atoms with E-state index in [9.17, 15) is 9.59 Å². The topological polar surface area (TPSA) is 115 Å². The number of aromatic nitrogens is 3. The first-order valence-corrected chi connectivity index (χ1v) is 6.37. The summed E-state index contributed by atoms with van der Waals surface area (Å²) in [6.45, 7) is 1.82. The zero-order valence-corrected chi connectivity index (χ0v) is 11.3. The Bertz CT molecular complexity index is 757. The summed E-state index contributed by atoms with van der Waals surface area (Å²) in [4.78, 5) is 32.3. The normalized spacial score (nSPS) is 20.0. The number of fused-ring (bicyclic) bond motifs is 1. The minimum absolute atomic E-state index is 0.114. The summed E-state index contributed by atoms with van der Waals surface area (Å²) >= 11 is 0. The average molecular weight is 286 g/mol. The number of carbonyl (C=O) groups excluding carboxylic acids is 1. The Hall–Kier alpha value is -2.74. The molecule has 0 saturated carbocycles. The van der Waals surface area contributed by atoms with Gasteiger partial charge in [0, 0.05) is 12.7 Å². The lowest BCUT2D eigenvalue weighted by Crippen LogP contribution is -2.50. The van der Waals surface area contributed by atoms with Crippen LogP contribution in [0.2, 0.25) is 0 Å². The van der Waals surface area contributed by atoms with Crippen molar-refractivity contribution in [1.82, 2.24) is 19.9 Å². The van der Waals surface area contributed by atoms with Crippen LogP contribution in [0.25, 0.3) is 0 Å². The van der Waals surface area contributed by atoms with Crippen LogP contribution in [0.5, 0.6) is 0 Å². The first-order valence-electron chi connectivity index (χ1n) is 6.37. The van der Waals surface area contributed by atoms with Gasteiger partial charge in [-0.1, -0.05) is 0 Å². The molecular weight excluding hydrogens is 272 g/mol. The largest absolute Gasteiger partial charge is 0.336 e. The molecule has 8 nitrogen and oxygen atoms in total. The van der Waals surface area contributed by atoms with Crippen molar-refractivity contribution in [2.24, 2.45) is 5.73 Å². The van der Waals surface area contributed by atoms with E-state index in [0.29, 0.717) is 17.2 Å². The zero-order chi connectivity index (χ0) is 15.0. The Morgan fingerprint density at radius 3 is 2.86 bits per heavy atom. The van der Waals surface area contributed by atoms with Crippen LogP contribution in [-0.4, -0.2) is 27.0 Å². The fourth-order valence-corrected chi connectivity index (χ4v) is 2.31. The third kappa shape index (κ3) is 2.05. The van der Waals surface area contributed by atoms with E-state index in [0.717, 1.165) is 0 Å². The summed E-state index contributed by atoms with van der Waals surface area (Å²) in [6, 6.07) is 4.78. The number of pyridine rings is 1. The predicted molar refractivity (Wildman–Crippen MR) is 76.2 cm³/mol. The second-order valence-corrected chi connectivity index (χ2v) is 4.92. The molecule has 0 aliphatic carbocycles. The van der Waals surface area contributed by atoms with E-state index in [1.165, 1.54) is 10.9 Å². The molecule has 0 aromatic carbocycles. The molecule has 0 radical (unpaired) electrons. The Labute approximate surface area is 120 Å². The summed E-state index contributed by atoms with van der Waals surface area (Å²) in [5.41, 5.74) is 5.05. The van der Waals surface area contributed by atoms with Crippen molar-refractivity contribution in [3.8, 4) is 0 Å². The van der Waals surface area contributed by atoms with Gasteiger partial charge in [0.15, 0.2) is 0 Å². The second-order valence-electron chi connectivity index (χ2n) is 4.92. The van der Waals surface area contributed by atoms with Crippen molar-refractivity contribution in [2.45, 2.75) is 12.6 Å². The molecular formula is C13H14N6O2. The van der Waals surface area contributed by atoms with Crippen LogP contribution in [0.4, 0.5) is 11.5 Å². The van der Waals surface area contributed by atoms with Gasteiger partial charge in [-0.3, -0.25) is 14.2 Å². The van der Waals surface area contributed by atoms with E-state index in [4.69, 9.17) is 5.73 Å². The van der Waals surface area contributed by atoms with Crippen molar-refractivity contribution in [2.75, 3.05) is 11.9 Å². The predicted octanol–water partition coefficient (Wildman–Crippen LogP) is -0.243. The van der Waals surface area contributed by atoms with E-state index in [-0.39, 0.29) is 18.0 Å². The van der Waals surface area contributed by atoms with Gasteiger partial charge in [-0.15, -0.1) is 0 Å². The molecule has 1 aliphatic heterocycles. The number of hydrogen-bond acceptors (Lipinski definition) is 6. The van der Waals surface area contributed by atoms with Gasteiger partial charge < -0.3 is 16.4 Å². The van der Waals surface area contributed by atoms with Gasteiger partial charge >= 0.3 is 0 Å². The molecule has 8 heteroatoms. The quantitative estimate of drug-likeness (QED) is 0.717. The number of nitrogens with one attached hydrogen (secondary N) is 2. The Morgan fingerprint density at radius 1 is 1.38 bits per heavy atom. The van der Waals surface area contributed by atoms with Crippen molar-refractivity contribution in [3.05, 3.63) is 46.8 Å². The van der Waals surface area contributed by atoms with Gasteiger partial charge in [-0.25, -0.2) is 9.97 Å². The maximum atomic E-state index is 12.6. The Kier molecular flexibility index (Phi) is 2.95. The molecule has 2 aromatic rings. The molecule has 1 unspecified atom stereocenters. The highest BCUT2D eigenvalue weighted by molar-refractivity contribution is 5.95. The van der Waals surface area contributed by atoms with Gasteiger partial charge in [0.1, 0.15) is 29.2 Å². The van der Waals surface area contributed by atoms with Crippen LogP contribution in [0.15, 0.2) is 35.5 Å². The molecule has 21 heavy (non-hydrogen) atoms. The highest BCUT2D eigenvalue weighted by Crippen LogP contribution is 2.21. The molecule has 4 N–H and O–H groups in total. The summed E-state index contributed by atoms with van der Waals surface area (Å²) in [5.74, 6) is 0.183. The van der Waals surface area contributed by atoms with Crippen LogP contribution in [-0.2, 0) is 5.66 Å². The zero-order valence-electron chi connectivity index (χ0n) is 11.3. The molecule has 3 heterocycles. The lowest BCUT2D eigenvalue weighted by Gasteiger charge is -2.25.